The molecule has 0 aromatic heterocycles. The topological polar surface area (TPSA) is 72.2 Å². The van der Waals surface area contributed by atoms with Gasteiger partial charge in [0.15, 0.2) is 0 Å². The van der Waals surface area contributed by atoms with Gasteiger partial charge < -0.3 is 5.73 Å². The van der Waals surface area contributed by atoms with E-state index in [9.17, 15) is 12.8 Å². The third-order valence-corrected chi connectivity index (χ3v) is 4.95. The van der Waals surface area contributed by atoms with Gasteiger partial charge >= 0.3 is 0 Å². The number of nitrogens with one attached hydrogen (secondary N) is 1. The summed E-state index contributed by atoms with van der Waals surface area (Å²) >= 11 is 4.69. The monoisotopic (exact) mass is 302 g/mol. The van der Waals surface area contributed by atoms with Crippen LogP contribution in [0.2, 0.25) is 0 Å². The van der Waals surface area contributed by atoms with E-state index in [1.807, 2.05) is 0 Å². The van der Waals surface area contributed by atoms with Gasteiger partial charge in [-0.25, -0.2) is 17.5 Å². The lowest BCUT2D eigenvalue weighted by Crippen LogP contribution is -2.43. The molecule has 4 nitrogen and oxygen atoms in total. The minimum atomic E-state index is -3.65. The molecule has 19 heavy (non-hydrogen) atoms. The summed E-state index contributed by atoms with van der Waals surface area (Å²) in [6, 6.07) is 3.40. The Kier molecular flexibility index (Phi) is 3.89. The van der Waals surface area contributed by atoms with Crippen molar-refractivity contribution in [2.24, 2.45) is 11.7 Å². The van der Waals surface area contributed by atoms with Crippen molar-refractivity contribution in [3.05, 3.63) is 29.6 Å². The van der Waals surface area contributed by atoms with Crippen LogP contribution in [0.3, 0.4) is 0 Å². The van der Waals surface area contributed by atoms with Crippen LogP contribution < -0.4 is 10.5 Å². The molecule has 1 aromatic rings. The lowest BCUT2D eigenvalue weighted by Gasteiger charge is -2.32. The third kappa shape index (κ3) is 3.10. The Labute approximate surface area is 117 Å². The molecule has 0 bridgehead atoms. The summed E-state index contributed by atoms with van der Waals surface area (Å²) in [5, 5.41) is 0. The zero-order valence-electron chi connectivity index (χ0n) is 10.4. The SMILES string of the molecule is CC1CC(NS(=O)(=O)c2ccc(F)c(C(N)=S)c2)C1. The van der Waals surface area contributed by atoms with Gasteiger partial charge in [0.05, 0.1) is 4.90 Å². The van der Waals surface area contributed by atoms with Crippen LogP contribution in [0.1, 0.15) is 25.3 Å². The zero-order valence-corrected chi connectivity index (χ0v) is 12.0. The lowest BCUT2D eigenvalue weighted by atomic mass is 9.83. The first kappa shape index (κ1) is 14.4. The first-order valence-corrected chi connectivity index (χ1v) is 7.80. The fraction of sp³-hybridized carbons (Fsp3) is 0.417. The van der Waals surface area contributed by atoms with E-state index < -0.39 is 15.8 Å². The van der Waals surface area contributed by atoms with Crippen LogP contribution in [0.25, 0.3) is 0 Å². The van der Waals surface area contributed by atoms with Gasteiger partial charge in [0.2, 0.25) is 10.0 Å². The number of rotatable bonds is 4. The first-order valence-electron chi connectivity index (χ1n) is 5.91. The summed E-state index contributed by atoms with van der Waals surface area (Å²) in [4.78, 5) is -0.178. The summed E-state index contributed by atoms with van der Waals surface area (Å²) in [6.07, 6.45) is 1.64. The summed E-state index contributed by atoms with van der Waals surface area (Å²) < 4.78 is 40.2. The molecule has 1 saturated carbocycles. The second-order valence-corrected chi connectivity index (χ2v) is 7.05. The minimum Gasteiger partial charge on any atom is -0.389 e. The van der Waals surface area contributed by atoms with Gasteiger partial charge in [-0.2, -0.15) is 0 Å². The van der Waals surface area contributed by atoms with Gasteiger partial charge in [-0.05, 0) is 37.0 Å². The molecule has 0 amide bonds. The fourth-order valence-corrected chi connectivity index (χ4v) is 3.59. The van der Waals surface area contributed by atoms with E-state index in [0.29, 0.717) is 5.92 Å². The Morgan fingerprint density at radius 2 is 2.11 bits per heavy atom. The number of hydrogen-bond donors (Lipinski definition) is 2. The van der Waals surface area contributed by atoms with E-state index in [1.165, 1.54) is 12.1 Å². The van der Waals surface area contributed by atoms with Gasteiger partial charge in [-0.3, -0.25) is 0 Å². The molecule has 1 aromatic carbocycles. The molecule has 0 heterocycles. The van der Waals surface area contributed by atoms with Gasteiger partial charge in [0.25, 0.3) is 0 Å². The van der Waals surface area contributed by atoms with Crippen molar-refractivity contribution in [2.75, 3.05) is 0 Å². The molecule has 0 saturated heterocycles. The number of hydrogen-bond acceptors (Lipinski definition) is 3. The summed E-state index contributed by atoms with van der Waals surface area (Å²) in [7, 11) is -3.65. The van der Waals surface area contributed by atoms with Crippen LogP contribution in [0, 0.1) is 11.7 Å². The highest BCUT2D eigenvalue weighted by atomic mass is 32.2. The molecule has 0 spiro atoms. The maximum Gasteiger partial charge on any atom is 0.240 e. The van der Waals surface area contributed by atoms with Gasteiger partial charge in [0, 0.05) is 11.6 Å². The van der Waals surface area contributed by atoms with Crippen LogP contribution in [-0.4, -0.2) is 19.4 Å². The second kappa shape index (κ2) is 5.15. The Bertz CT molecular complexity index is 610. The zero-order chi connectivity index (χ0) is 14.2. The van der Waals surface area contributed by atoms with Crippen LogP contribution in [0.4, 0.5) is 4.39 Å². The van der Waals surface area contributed by atoms with E-state index >= 15 is 0 Å². The van der Waals surface area contributed by atoms with Gasteiger partial charge in [-0.15, -0.1) is 0 Å². The third-order valence-electron chi connectivity index (χ3n) is 3.21. The van der Waals surface area contributed by atoms with Crippen molar-refractivity contribution >= 4 is 27.2 Å². The van der Waals surface area contributed by atoms with Crippen LogP contribution in [0.5, 0.6) is 0 Å². The van der Waals surface area contributed by atoms with Crippen molar-refractivity contribution in [3.63, 3.8) is 0 Å². The summed E-state index contributed by atoms with van der Waals surface area (Å²) in [5.74, 6) is -0.0863. The molecular formula is C12H15FN2O2S2. The Morgan fingerprint density at radius 1 is 1.47 bits per heavy atom. The molecule has 0 unspecified atom stereocenters. The van der Waals surface area contributed by atoms with E-state index in [4.69, 9.17) is 18.0 Å². The predicted molar refractivity (Wildman–Crippen MR) is 74.8 cm³/mol. The highest BCUT2D eigenvalue weighted by Gasteiger charge is 2.30. The molecule has 0 aliphatic heterocycles. The minimum absolute atomic E-state index is 0.0174. The average molecular weight is 302 g/mol. The lowest BCUT2D eigenvalue weighted by molar-refractivity contribution is 0.270. The maximum atomic E-state index is 13.4. The molecule has 1 fully saturated rings. The van der Waals surface area contributed by atoms with Crippen LogP contribution >= 0.6 is 12.2 Å². The standard InChI is InChI=1S/C12H15FN2O2S2/c1-7-4-8(5-7)15-19(16,17)9-2-3-11(13)10(6-9)12(14)18/h2-3,6-8,15H,4-5H2,1H3,(H2,14,18). The number of nitrogens with two attached hydrogens (primary N) is 1. The number of halogens is 1. The van der Waals surface area contributed by atoms with E-state index in [-0.39, 0.29) is 21.5 Å². The van der Waals surface area contributed by atoms with Crippen LogP contribution in [0.15, 0.2) is 23.1 Å². The molecular weight excluding hydrogens is 287 g/mol. The molecule has 2 rings (SSSR count). The predicted octanol–water partition coefficient (Wildman–Crippen LogP) is 1.54. The van der Waals surface area contributed by atoms with E-state index in [0.717, 1.165) is 18.9 Å². The summed E-state index contributed by atoms with van der Waals surface area (Å²) in [6.45, 7) is 2.06. The molecule has 1 aliphatic rings. The first-order chi connectivity index (χ1) is 8.79. The largest absolute Gasteiger partial charge is 0.389 e. The molecule has 1 aliphatic carbocycles. The quantitative estimate of drug-likeness (QED) is 0.828. The van der Waals surface area contributed by atoms with E-state index in [2.05, 4.69) is 11.6 Å². The number of benzene rings is 1. The van der Waals surface area contributed by atoms with Crippen molar-refractivity contribution in [1.29, 1.82) is 0 Å². The van der Waals surface area contributed by atoms with Crippen molar-refractivity contribution in [1.82, 2.24) is 4.72 Å². The summed E-state index contributed by atoms with van der Waals surface area (Å²) in [5.41, 5.74) is 5.30. The molecule has 7 heteroatoms. The highest BCUT2D eigenvalue weighted by molar-refractivity contribution is 7.89. The number of sulfonamides is 1. The van der Waals surface area contributed by atoms with Gasteiger partial charge in [0.1, 0.15) is 10.8 Å². The van der Waals surface area contributed by atoms with Gasteiger partial charge in [-0.1, -0.05) is 19.1 Å². The Balaban J connectivity index is 2.25. The normalized spacial score (nSPS) is 22.8. The molecule has 104 valence electrons. The highest BCUT2D eigenvalue weighted by Crippen LogP contribution is 2.28. The van der Waals surface area contributed by atoms with Crippen molar-refractivity contribution < 1.29 is 12.8 Å². The molecule has 0 atom stereocenters. The van der Waals surface area contributed by atoms with Crippen LogP contribution in [-0.2, 0) is 10.0 Å². The number of thiocarbonyl (C=S) groups is 1. The maximum absolute atomic E-state index is 13.4. The van der Waals surface area contributed by atoms with Crippen molar-refractivity contribution in [2.45, 2.75) is 30.7 Å². The Morgan fingerprint density at radius 3 is 2.63 bits per heavy atom. The molecule has 3 N–H and O–H groups in total. The Hall–Kier alpha value is -1.05. The van der Waals surface area contributed by atoms with E-state index in [1.54, 1.807) is 0 Å². The average Bonchev–Trinajstić information content (AvgIpc) is 2.26. The molecule has 0 radical (unpaired) electrons. The smallest absolute Gasteiger partial charge is 0.240 e. The second-order valence-electron chi connectivity index (χ2n) is 4.90. The fourth-order valence-electron chi connectivity index (χ4n) is 2.15. The van der Waals surface area contributed by atoms with Crippen molar-refractivity contribution in [3.8, 4) is 0 Å².